The highest BCUT2D eigenvalue weighted by Gasteiger charge is 2.21. The third kappa shape index (κ3) is 30.9. The Morgan fingerprint density at radius 3 is 1.89 bits per heavy atom. The predicted octanol–water partition coefficient (Wildman–Crippen LogP) is 7.26. The third-order valence-corrected chi connectivity index (χ3v) is 6.72. The first-order valence-corrected chi connectivity index (χ1v) is 17.5. The van der Waals surface area contributed by atoms with E-state index in [4.69, 9.17) is 18.5 Å². The summed E-state index contributed by atoms with van der Waals surface area (Å²) in [5.41, 5.74) is 0. The van der Waals surface area contributed by atoms with E-state index in [1.807, 2.05) is 94.1 Å². The summed E-state index contributed by atoms with van der Waals surface area (Å²) in [4.78, 5) is 37.0. The largest absolute Gasteiger partial charge is 0.756 e. The second-order valence-corrected chi connectivity index (χ2v) is 12.6. The number of phosphoric acid groups is 1. The Hall–Kier alpha value is -3.07. The van der Waals surface area contributed by atoms with Gasteiger partial charge in [0.05, 0.1) is 34.2 Å². The summed E-state index contributed by atoms with van der Waals surface area (Å²) in [7, 11) is 1.05. The van der Waals surface area contributed by atoms with E-state index in [0.29, 0.717) is 30.3 Å². The molecule has 0 amide bonds. The van der Waals surface area contributed by atoms with Crippen molar-refractivity contribution in [3.8, 4) is 0 Å². The average molecular weight is 662 g/mol. The molecule has 0 aromatic rings. The number of carbonyl (C=O) groups is 2. The number of unbranched alkanes of at least 4 members (excludes halogenated alkanes) is 1. The number of hydrogen-bond acceptors (Lipinski definition) is 8. The fraction of sp³-hybridized carbons (Fsp3) is 0.500. The van der Waals surface area contributed by atoms with E-state index in [2.05, 4.69) is 32.1 Å². The molecule has 2 atom stereocenters. The lowest BCUT2D eigenvalue weighted by atomic mass is 10.2. The summed E-state index contributed by atoms with van der Waals surface area (Å²) in [6.07, 6.45) is 35.1. The lowest BCUT2D eigenvalue weighted by Gasteiger charge is -2.28. The molecule has 0 spiro atoms. The van der Waals surface area contributed by atoms with Crippen molar-refractivity contribution in [2.45, 2.75) is 71.3 Å². The minimum absolute atomic E-state index is 0.0306. The fourth-order valence-electron chi connectivity index (χ4n) is 3.27. The van der Waals surface area contributed by atoms with Crippen molar-refractivity contribution in [2.24, 2.45) is 0 Å². The highest BCUT2D eigenvalue weighted by Crippen LogP contribution is 2.38. The van der Waals surface area contributed by atoms with Crippen LogP contribution < -0.4 is 4.89 Å². The summed E-state index contributed by atoms with van der Waals surface area (Å²) in [6.45, 7) is 3.68. The van der Waals surface area contributed by atoms with Gasteiger partial charge in [0, 0.05) is 6.42 Å². The zero-order valence-corrected chi connectivity index (χ0v) is 29.4. The van der Waals surface area contributed by atoms with Crippen LogP contribution in [0.5, 0.6) is 0 Å². The maximum Gasteiger partial charge on any atom is 0.309 e. The van der Waals surface area contributed by atoms with Crippen molar-refractivity contribution in [1.29, 1.82) is 0 Å². The predicted molar refractivity (Wildman–Crippen MR) is 185 cm³/mol. The van der Waals surface area contributed by atoms with Crippen molar-refractivity contribution in [1.82, 2.24) is 0 Å². The van der Waals surface area contributed by atoms with Crippen LogP contribution in [0.25, 0.3) is 0 Å². The molecule has 0 radical (unpaired) electrons. The van der Waals surface area contributed by atoms with E-state index in [-0.39, 0.29) is 26.1 Å². The molecule has 2 unspecified atom stereocenters. The number of rotatable bonds is 26. The number of ether oxygens (including phenoxy) is 2. The summed E-state index contributed by atoms with van der Waals surface area (Å²) in [6, 6.07) is 0. The summed E-state index contributed by atoms with van der Waals surface area (Å²) in [5, 5.41) is 0. The van der Waals surface area contributed by atoms with Gasteiger partial charge in [-0.05, 0) is 38.5 Å². The van der Waals surface area contributed by atoms with Gasteiger partial charge in [0.1, 0.15) is 19.8 Å². The molecule has 0 aliphatic rings. The van der Waals surface area contributed by atoms with Crippen LogP contribution >= 0.6 is 7.82 Å². The van der Waals surface area contributed by atoms with Crippen LogP contribution in [0.3, 0.4) is 0 Å². The fourth-order valence-corrected chi connectivity index (χ4v) is 4.00. The second kappa shape index (κ2) is 28.2. The molecule has 0 aromatic carbocycles. The molecule has 0 aliphatic carbocycles. The molecule has 0 rings (SSSR count). The van der Waals surface area contributed by atoms with Crippen LogP contribution in [-0.2, 0) is 32.7 Å². The lowest BCUT2D eigenvalue weighted by molar-refractivity contribution is -0.870. The maximum atomic E-state index is 12.5. The van der Waals surface area contributed by atoms with E-state index in [0.717, 1.165) is 19.3 Å². The quantitative estimate of drug-likeness (QED) is 0.0238. The topological polar surface area (TPSA) is 111 Å². The van der Waals surface area contributed by atoms with E-state index >= 15 is 0 Å². The number of esters is 2. The molecule has 46 heavy (non-hydrogen) atoms. The normalized spacial score (nSPS) is 15.2. The van der Waals surface area contributed by atoms with Crippen molar-refractivity contribution >= 4 is 19.8 Å². The first-order chi connectivity index (χ1) is 22.0. The highest BCUT2D eigenvalue weighted by atomic mass is 31.2. The van der Waals surface area contributed by atoms with Crippen LogP contribution in [-0.4, -0.2) is 70.0 Å². The van der Waals surface area contributed by atoms with Crippen molar-refractivity contribution in [3.63, 3.8) is 0 Å². The third-order valence-electron chi connectivity index (χ3n) is 5.76. The standard InChI is InChI=1S/C36H56NO8P/c1-6-8-10-12-14-16-17-18-19-21-23-25-27-29-36(39)45-34(33-44-46(40,41)43-31-30-37(3,4)5)32-42-35(38)28-26-24-22-20-15-13-11-9-7-2/h8-12,14-21,23-24,26,34H,6-7,13,22,25,27-33H2,1-5H3/b10-8+,11-9+,14-12+,17-16+,19-18+,20-15+,23-21+,26-24+. The number of likely N-dealkylation sites (N-methyl/N-ethyl adjacent to an activating group) is 1. The van der Waals surface area contributed by atoms with Crippen molar-refractivity contribution < 1.29 is 42.1 Å². The van der Waals surface area contributed by atoms with E-state index in [1.54, 1.807) is 6.08 Å². The molecule has 258 valence electrons. The molecule has 0 heterocycles. The Morgan fingerprint density at radius 1 is 0.717 bits per heavy atom. The van der Waals surface area contributed by atoms with Gasteiger partial charge < -0.3 is 27.9 Å². The molecule has 10 heteroatoms. The minimum atomic E-state index is -4.65. The molecule has 0 N–H and O–H groups in total. The van der Waals surface area contributed by atoms with Gasteiger partial charge in [-0.1, -0.05) is 111 Å². The summed E-state index contributed by atoms with van der Waals surface area (Å²) in [5.74, 6) is -1.08. The van der Waals surface area contributed by atoms with Crippen LogP contribution in [0, 0.1) is 0 Å². The monoisotopic (exact) mass is 661 g/mol. The van der Waals surface area contributed by atoms with Crippen LogP contribution in [0.2, 0.25) is 0 Å². The van der Waals surface area contributed by atoms with Gasteiger partial charge in [-0.25, -0.2) is 0 Å². The lowest BCUT2D eigenvalue weighted by Crippen LogP contribution is -2.37. The smallest absolute Gasteiger partial charge is 0.309 e. The molecule has 0 fully saturated rings. The van der Waals surface area contributed by atoms with E-state index in [1.165, 1.54) is 0 Å². The zero-order chi connectivity index (χ0) is 34.4. The molecule has 0 aromatic heterocycles. The number of hydrogen-bond donors (Lipinski definition) is 0. The summed E-state index contributed by atoms with van der Waals surface area (Å²) < 4.78 is 33.3. The van der Waals surface area contributed by atoms with Crippen LogP contribution in [0.1, 0.15) is 65.2 Å². The molecular weight excluding hydrogens is 605 g/mol. The molecular formula is C36H56NO8P. The highest BCUT2D eigenvalue weighted by molar-refractivity contribution is 7.45. The molecule has 0 bridgehead atoms. The van der Waals surface area contributed by atoms with Gasteiger partial charge in [-0.2, -0.15) is 0 Å². The zero-order valence-electron chi connectivity index (χ0n) is 28.5. The van der Waals surface area contributed by atoms with Crippen LogP contribution in [0.15, 0.2) is 97.2 Å². The minimum Gasteiger partial charge on any atom is -0.756 e. The molecule has 0 saturated carbocycles. The van der Waals surface area contributed by atoms with Gasteiger partial charge in [0.2, 0.25) is 0 Å². The van der Waals surface area contributed by atoms with Gasteiger partial charge in [-0.15, -0.1) is 0 Å². The molecule has 9 nitrogen and oxygen atoms in total. The van der Waals surface area contributed by atoms with Gasteiger partial charge in [-0.3, -0.25) is 14.2 Å². The maximum absolute atomic E-state index is 12.5. The second-order valence-electron chi connectivity index (χ2n) is 11.2. The van der Waals surface area contributed by atoms with E-state index in [9.17, 15) is 19.0 Å². The Bertz CT molecular complexity index is 1110. The van der Waals surface area contributed by atoms with Gasteiger partial charge >= 0.3 is 11.9 Å². The number of carbonyl (C=O) groups excluding carboxylic acids is 2. The van der Waals surface area contributed by atoms with Crippen molar-refractivity contribution in [2.75, 3.05) is 47.5 Å². The van der Waals surface area contributed by atoms with Gasteiger partial charge in [0.15, 0.2) is 6.10 Å². The van der Waals surface area contributed by atoms with Crippen molar-refractivity contribution in [3.05, 3.63) is 97.2 Å². The Labute approximate surface area is 277 Å². The number of quaternary nitrogens is 1. The Morgan fingerprint density at radius 2 is 1.28 bits per heavy atom. The number of phosphoric ester groups is 1. The summed E-state index contributed by atoms with van der Waals surface area (Å²) >= 11 is 0. The first-order valence-electron chi connectivity index (χ1n) is 16.0. The number of nitrogens with zero attached hydrogens (tertiary/aromatic N) is 1. The molecule has 0 saturated heterocycles. The average Bonchev–Trinajstić information content (AvgIpc) is 2.99. The number of allylic oxidation sites excluding steroid dienone is 15. The SMILES string of the molecule is CC/C=C/C=C/C=C/C=C/C=C/CCCC(=O)OC(COC(=O)C/C=C/C/C=C/C/C=C/CC)COP(=O)([O-])OCC[N+](C)(C)C. The Kier molecular flexibility index (Phi) is 26.3. The van der Waals surface area contributed by atoms with Gasteiger partial charge in [0.25, 0.3) is 7.82 Å². The Balaban J connectivity index is 4.81. The van der Waals surface area contributed by atoms with E-state index < -0.39 is 32.5 Å². The van der Waals surface area contributed by atoms with Crippen LogP contribution in [0.4, 0.5) is 0 Å². The molecule has 0 aliphatic heterocycles. The first kappa shape index (κ1) is 42.9.